The van der Waals surface area contributed by atoms with Gasteiger partial charge in [-0.2, -0.15) is 5.10 Å². The summed E-state index contributed by atoms with van der Waals surface area (Å²) in [7, 11) is 1.95. The van der Waals surface area contributed by atoms with E-state index in [1.165, 1.54) is 5.56 Å². The molecule has 0 saturated carbocycles. The van der Waals surface area contributed by atoms with Crippen LogP contribution < -0.4 is 5.32 Å². The van der Waals surface area contributed by atoms with E-state index in [9.17, 15) is 5.11 Å². The number of hydrogen-bond donors (Lipinski definition) is 2. The van der Waals surface area contributed by atoms with E-state index < -0.39 is 0 Å². The maximum absolute atomic E-state index is 9.31. The van der Waals surface area contributed by atoms with Crippen molar-refractivity contribution in [2.75, 3.05) is 0 Å². The highest BCUT2D eigenvalue weighted by Gasteiger charge is 2.12. The molecule has 0 aliphatic rings. The summed E-state index contributed by atoms with van der Waals surface area (Å²) in [6.07, 6.45) is 2.59. The first-order valence-corrected chi connectivity index (χ1v) is 6.34. The van der Waals surface area contributed by atoms with E-state index in [0.29, 0.717) is 12.0 Å². The zero-order valence-electron chi connectivity index (χ0n) is 11.6. The molecule has 0 bridgehead atoms. The Kier molecular flexibility index (Phi) is 5.15. The summed E-state index contributed by atoms with van der Waals surface area (Å²) >= 11 is 0. The molecule has 1 aromatic rings. The summed E-state index contributed by atoms with van der Waals surface area (Å²) in [6, 6.07) is 0.315. The fraction of sp³-hybridized carbons (Fsp3) is 0.769. The van der Waals surface area contributed by atoms with Crippen LogP contribution in [0.25, 0.3) is 0 Å². The number of aryl methyl sites for hydroxylation is 1. The van der Waals surface area contributed by atoms with Crippen LogP contribution in [0.2, 0.25) is 0 Å². The van der Waals surface area contributed by atoms with E-state index in [1.54, 1.807) is 0 Å². The van der Waals surface area contributed by atoms with Gasteiger partial charge in [0.05, 0.1) is 11.8 Å². The Balaban J connectivity index is 2.56. The topological polar surface area (TPSA) is 50.1 Å². The number of rotatable bonds is 6. The molecule has 0 saturated heterocycles. The summed E-state index contributed by atoms with van der Waals surface area (Å²) in [5, 5.41) is 17.2. The molecule has 0 amide bonds. The van der Waals surface area contributed by atoms with Crippen LogP contribution in [-0.2, 0) is 13.6 Å². The normalized spacial score (nSPS) is 15.2. The molecule has 2 unspecified atom stereocenters. The van der Waals surface area contributed by atoms with Crippen molar-refractivity contribution < 1.29 is 5.11 Å². The van der Waals surface area contributed by atoms with Crippen molar-refractivity contribution in [2.24, 2.45) is 7.05 Å². The molecule has 98 valence electrons. The molecule has 0 spiro atoms. The highest BCUT2D eigenvalue weighted by molar-refractivity contribution is 5.20. The number of aliphatic hydroxyl groups excluding tert-OH is 1. The van der Waals surface area contributed by atoms with Gasteiger partial charge in [-0.05, 0) is 26.2 Å². The highest BCUT2D eigenvalue weighted by Crippen LogP contribution is 2.17. The molecule has 2 atom stereocenters. The van der Waals surface area contributed by atoms with E-state index >= 15 is 0 Å². The summed E-state index contributed by atoms with van der Waals surface area (Å²) in [6.45, 7) is 9.05. The van der Waals surface area contributed by atoms with Crippen molar-refractivity contribution in [3.05, 3.63) is 17.5 Å². The van der Waals surface area contributed by atoms with Gasteiger partial charge < -0.3 is 10.4 Å². The molecular formula is C13H25N3O. The lowest BCUT2D eigenvalue weighted by molar-refractivity contribution is 0.170. The Morgan fingerprint density at radius 2 is 2.00 bits per heavy atom. The summed E-state index contributed by atoms with van der Waals surface area (Å²) in [5.74, 6) is 0.445. The standard InChI is InChI=1S/C13H25N3O/c1-9(2)13-12(8-16(5)15-13)7-14-10(3)6-11(4)17/h8-11,14,17H,6-7H2,1-5H3. The van der Waals surface area contributed by atoms with Gasteiger partial charge in [0.1, 0.15) is 0 Å². The van der Waals surface area contributed by atoms with Gasteiger partial charge in [0.25, 0.3) is 0 Å². The first kappa shape index (κ1) is 14.2. The van der Waals surface area contributed by atoms with Gasteiger partial charge in [-0.25, -0.2) is 0 Å². The molecule has 0 aliphatic heterocycles. The van der Waals surface area contributed by atoms with Crippen LogP contribution >= 0.6 is 0 Å². The predicted octanol–water partition coefficient (Wildman–Crippen LogP) is 1.79. The molecule has 2 N–H and O–H groups in total. The second-order valence-electron chi connectivity index (χ2n) is 5.23. The van der Waals surface area contributed by atoms with Gasteiger partial charge in [-0.15, -0.1) is 0 Å². The minimum atomic E-state index is -0.254. The van der Waals surface area contributed by atoms with Gasteiger partial charge in [0.2, 0.25) is 0 Å². The summed E-state index contributed by atoms with van der Waals surface area (Å²) in [5.41, 5.74) is 2.41. The van der Waals surface area contributed by atoms with Crippen LogP contribution in [0.1, 0.15) is 51.3 Å². The predicted molar refractivity (Wildman–Crippen MR) is 69.9 cm³/mol. The molecule has 0 radical (unpaired) electrons. The quantitative estimate of drug-likeness (QED) is 0.796. The first-order valence-electron chi connectivity index (χ1n) is 6.34. The van der Waals surface area contributed by atoms with E-state index in [2.05, 4.69) is 37.4 Å². The van der Waals surface area contributed by atoms with Crippen LogP contribution in [0.15, 0.2) is 6.20 Å². The molecule has 0 fully saturated rings. The van der Waals surface area contributed by atoms with Crippen LogP contribution in [0.4, 0.5) is 0 Å². The number of nitrogens with zero attached hydrogens (tertiary/aromatic N) is 2. The molecule has 17 heavy (non-hydrogen) atoms. The SMILES string of the molecule is CC(O)CC(C)NCc1cn(C)nc1C(C)C. The fourth-order valence-electron chi connectivity index (χ4n) is 2.06. The number of nitrogens with one attached hydrogen (secondary N) is 1. The Morgan fingerprint density at radius 3 is 2.53 bits per heavy atom. The molecule has 4 nitrogen and oxygen atoms in total. The summed E-state index contributed by atoms with van der Waals surface area (Å²) < 4.78 is 1.87. The van der Waals surface area contributed by atoms with Gasteiger partial charge in [-0.3, -0.25) is 4.68 Å². The molecule has 4 heteroatoms. The van der Waals surface area contributed by atoms with Crippen LogP contribution in [-0.4, -0.2) is 27.0 Å². The number of aromatic nitrogens is 2. The molecular weight excluding hydrogens is 214 g/mol. The third-order valence-corrected chi connectivity index (χ3v) is 2.82. The fourth-order valence-corrected chi connectivity index (χ4v) is 2.06. The van der Waals surface area contributed by atoms with Crippen LogP contribution in [0, 0.1) is 0 Å². The minimum absolute atomic E-state index is 0.254. The minimum Gasteiger partial charge on any atom is -0.393 e. The average Bonchev–Trinajstić information content (AvgIpc) is 2.55. The smallest absolute Gasteiger partial charge is 0.0694 e. The third kappa shape index (κ3) is 4.48. The Hall–Kier alpha value is -0.870. The Labute approximate surface area is 104 Å². The molecule has 1 rings (SSSR count). The molecule has 0 aliphatic carbocycles. The van der Waals surface area contributed by atoms with Gasteiger partial charge in [0, 0.05) is 31.4 Å². The molecule has 1 heterocycles. The van der Waals surface area contributed by atoms with Gasteiger partial charge in [0.15, 0.2) is 0 Å². The first-order chi connectivity index (χ1) is 7.90. The van der Waals surface area contributed by atoms with Crippen molar-refractivity contribution in [1.29, 1.82) is 0 Å². The van der Waals surface area contributed by atoms with Gasteiger partial charge >= 0.3 is 0 Å². The largest absolute Gasteiger partial charge is 0.393 e. The second kappa shape index (κ2) is 6.17. The van der Waals surface area contributed by atoms with E-state index in [4.69, 9.17) is 0 Å². The maximum Gasteiger partial charge on any atom is 0.0694 e. The highest BCUT2D eigenvalue weighted by atomic mass is 16.3. The zero-order valence-corrected chi connectivity index (χ0v) is 11.6. The van der Waals surface area contributed by atoms with E-state index in [1.807, 2.05) is 18.7 Å². The monoisotopic (exact) mass is 239 g/mol. The lowest BCUT2D eigenvalue weighted by Crippen LogP contribution is -2.28. The lowest BCUT2D eigenvalue weighted by Gasteiger charge is -2.15. The maximum atomic E-state index is 9.31. The third-order valence-electron chi connectivity index (χ3n) is 2.82. The van der Waals surface area contributed by atoms with Crippen molar-refractivity contribution in [3.63, 3.8) is 0 Å². The lowest BCUT2D eigenvalue weighted by atomic mass is 10.1. The van der Waals surface area contributed by atoms with Crippen molar-refractivity contribution >= 4 is 0 Å². The zero-order chi connectivity index (χ0) is 13.0. The van der Waals surface area contributed by atoms with Crippen molar-refractivity contribution in [3.8, 4) is 0 Å². The molecule has 0 aromatic carbocycles. The van der Waals surface area contributed by atoms with E-state index in [-0.39, 0.29) is 6.10 Å². The number of hydrogen-bond acceptors (Lipinski definition) is 3. The summed E-state index contributed by atoms with van der Waals surface area (Å²) in [4.78, 5) is 0. The Morgan fingerprint density at radius 1 is 1.35 bits per heavy atom. The van der Waals surface area contributed by atoms with Crippen LogP contribution in [0.5, 0.6) is 0 Å². The number of aliphatic hydroxyl groups is 1. The average molecular weight is 239 g/mol. The second-order valence-corrected chi connectivity index (χ2v) is 5.23. The van der Waals surface area contributed by atoms with Crippen molar-refractivity contribution in [1.82, 2.24) is 15.1 Å². The van der Waals surface area contributed by atoms with Crippen LogP contribution in [0.3, 0.4) is 0 Å². The Bertz CT molecular complexity index is 344. The van der Waals surface area contributed by atoms with Gasteiger partial charge in [-0.1, -0.05) is 13.8 Å². The van der Waals surface area contributed by atoms with E-state index in [0.717, 1.165) is 18.7 Å². The molecule has 1 aromatic heterocycles. The van der Waals surface area contributed by atoms with Crippen molar-refractivity contribution in [2.45, 2.75) is 58.7 Å².